The summed E-state index contributed by atoms with van der Waals surface area (Å²) in [5.41, 5.74) is 1.10. The second kappa shape index (κ2) is 13.2. The predicted molar refractivity (Wildman–Crippen MR) is 108 cm³/mol. The minimum atomic E-state index is 0. The summed E-state index contributed by atoms with van der Waals surface area (Å²) >= 11 is 0. The van der Waals surface area contributed by atoms with E-state index in [1.54, 1.807) is 7.11 Å². The van der Waals surface area contributed by atoms with Crippen LogP contribution in [0.25, 0.3) is 0 Å². The van der Waals surface area contributed by atoms with Crippen LogP contribution in [0.1, 0.15) is 31.2 Å². The first-order valence-corrected chi connectivity index (χ1v) is 7.73. The largest absolute Gasteiger partial charge is 0.481 e. The summed E-state index contributed by atoms with van der Waals surface area (Å²) in [5, 5.41) is 3.35. The number of methoxy groups -OCH3 is 1. The van der Waals surface area contributed by atoms with Gasteiger partial charge in [0.2, 0.25) is 5.88 Å². The third-order valence-corrected chi connectivity index (χ3v) is 3.43. The van der Waals surface area contributed by atoms with E-state index in [0.29, 0.717) is 12.4 Å². The van der Waals surface area contributed by atoms with Crippen molar-refractivity contribution in [1.29, 1.82) is 0 Å². The number of halogens is 1. The van der Waals surface area contributed by atoms with Gasteiger partial charge >= 0.3 is 0 Å². The fourth-order valence-electron chi connectivity index (χ4n) is 2.12. The average molecular weight is 432 g/mol. The highest BCUT2D eigenvalue weighted by atomic mass is 127. The number of nitrogens with zero attached hydrogens (tertiary/aromatic N) is 3. The van der Waals surface area contributed by atoms with Crippen LogP contribution in [-0.4, -0.2) is 43.6 Å². The molecule has 0 aliphatic rings. The number of rotatable bonds is 9. The Morgan fingerprint density at radius 3 is 2.74 bits per heavy atom. The number of guanidine groups is 1. The van der Waals surface area contributed by atoms with Crippen molar-refractivity contribution in [1.82, 2.24) is 15.2 Å². The number of ether oxygens (including phenoxy) is 1. The van der Waals surface area contributed by atoms with Crippen LogP contribution in [0.3, 0.4) is 0 Å². The number of aliphatic imine (C=N–C) groups is 1. The molecule has 0 fully saturated rings. The summed E-state index contributed by atoms with van der Waals surface area (Å²) in [5.74, 6) is 1.53. The Morgan fingerprint density at radius 2 is 2.17 bits per heavy atom. The van der Waals surface area contributed by atoms with Crippen LogP contribution >= 0.6 is 24.0 Å². The monoisotopic (exact) mass is 432 g/mol. The Bertz CT molecular complexity index is 462. The van der Waals surface area contributed by atoms with Crippen LogP contribution in [0.4, 0.5) is 0 Å². The van der Waals surface area contributed by atoms with Crippen molar-refractivity contribution in [2.75, 3.05) is 27.7 Å². The molecule has 6 heteroatoms. The fraction of sp³-hybridized carbons (Fsp3) is 0.529. The fourth-order valence-corrected chi connectivity index (χ4v) is 2.12. The van der Waals surface area contributed by atoms with E-state index in [0.717, 1.165) is 30.9 Å². The van der Waals surface area contributed by atoms with Gasteiger partial charge in [0, 0.05) is 39.4 Å². The molecular formula is C17H29IN4O. The van der Waals surface area contributed by atoms with Gasteiger partial charge < -0.3 is 15.0 Å². The standard InChI is InChI=1S/C17H28N4O.HI/c1-5-6-7-8-9-12-21(3)17(18-2)20-14-15-10-11-16(22-4)19-13-15;/h5,10-11,13H,1,6-9,12,14H2,2-4H3,(H,18,20);1H. The molecule has 0 radical (unpaired) electrons. The van der Waals surface area contributed by atoms with Gasteiger partial charge in [0.05, 0.1) is 7.11 Å². The zero-order valence-corrected chi connectivity index (χ0v) is 16.7. The summed E-state index contributed by atoms with van der Waals surface area (Å²) in [4.78, 5) is 10.7. The molecule has 0 aromatic carbocycles. The molecule has 0 aliphatic carbocycles. The highest BCUT2D eigenvalue weighted by Crippen LogP contribution is 2.06. The van der Waals surface area contributed by atoms with Crippen LogP contribution < -0.4 is 10.1 Å². The molecule has 5 nitrogen and oxygen atoms in total. The first-order chi connectivity index (χ1) is 10.7. The molecule has 1 heterocycles. The zero-order valence-electron chi connectivity index (χ0n) is 14.4. The summed E-state index contributed by atoms with van der Waals surface area (Å²) < 4.78 is 5.06. The Balaban J connectivity index is 0.00000484. The second-order valence-electron chi connectivity index (χ2n) is 5.17. The van der Waals surface area contributed by atoms with Crippen molar-refractivity contribution in [3.63, 3.8) is 0 Å². The van der Waals surface area contributed by atoms with Crippen molar-refractivity contribution in [2.45, 2.75) is 32.2 Å². The minimum Gasteiger partial charge on any atom is -0.481 e. The molecule has 0 unspecified atom stereocenters. The number of nitrogens with one attached hydrogen (secondary N) is 1. The van der Waals surface area contributed by atoms with Crippen molar-refractivity contribution in [2.24, 2.45) is 4.99 Å². The molecular weight excluding hydrogens is 403 g/mol. The maximum atomic E-state index is 5.06. The third-order valence-electron chi connectivity index (χ3n) is 3.43. The molecule has 0 aliphatic heterocycles. The van der Waals surface area contributed by atoms with Crippen LogP contribution in [0.15, 0.2) is 36.0 Å². The van der Waals surface area contributed by atoms with E-state index < -0.39 is 0 Å². The molecule has 0 bridgehead atoms. The van der Waals surface area contributed by atoms with Crippen molar-refractivity contribution < 1.29 is 4.74 Å². The van der Waals surface area contributed by atoms with Gasteiger partial charge in [0.25, 0.3) is 0 Å². The molecule has 1 aromatic heterocycles. The minimum absolute atomic E-state index is 0. The molecule has 1 aromatic rings. The lowest BCUT2D eigenvalue weighted by Gasteiger charge is -2.22. The average Bonchev–Trinajstić information content (AvgIpc) is 2.55. The van der Waals surface area contributed by atoms with Gasteiger partial charge in [-0.05, 0) is 24.8 Å². The maximum Gasteiger partial charge on any atom is 0.212 e. The van der Waals surface area contributed by atoms with Crippen LogP contribution in [0.2, 0.25) is 0 Å². The van der Waals surface area contributed by atoms with Crippen LogP contribution in [-0.2, 0) is 6.54 Å². The van der Waals surface area contributed by atoms with Gasteiger partial charge in [-0.15, -0.1) is 30.6 Å². The summed E-state index contributed by atoms with van der Waals surface area (Å²) in [7, 11) is 5.49. The maximum absolute atomic E-state index is 5.06. The van der Waals surface area contributed by atoms with Gasteiger partial charge in [-0.1, -0.05) is 18.6 Å². The normalized spacial score (nSPS) is 10.7. The lowest BCUT2D eigenvalue weighted by Crippen LogP contribution is -2.39. The van der Waals surface area contributed by atoms with Crippen molar-refractivity contribution in [3.8, 4) is 5.88 Å². The highest BCUT2D eigenvalue weighted by molar-refractivity contribution is 14.0. The quantitative estimate of drug-likeness (QED) is 0.214. The lowest BCUT2D eigenvalue weighted by molar-refractivity contribution is 0.397. The zero-order chi connectivity index (χ0) is 16.2. The van der Waals surface area contributed by atoms with E-state index in [1.807, 2.05) is 31.5 Å². The number of unbranched alkanes of at least 4 members (excludes halogenated alkanes) is 3. The topological polar surface area (TPSA) is 49.8 Å². The van der Waals surface area contributed by atoms with Crippen molar-refractivity contribution >= 4 is 29.9 Å². The molecule has 23 heavy (non-hydrogen) atoms. The van der Waals surface area contributed by atoms with E-state index in [9.17, 15) is 0 Å². The van der Waals surface area contributed by atoms with Gasteiger partial charge in [-0.25, -0.2) is 4.98 Å². The molecule has 0 spiro atoms. The van der Waals surface area contributed by atoms with E-state index in [-0.39, 0.29) is 24.0 Å². The second-order valence-corrected chi connectivity index (χ2v) is 5.17. The molecule has 1 N–H and O–H groups in total. The lowest BCUT2D eigenvalue weighted by atomic mass is 10.2. The molecule has 0 saturated carbocycles. The van der Waals surface area contributed by atoms with Crippen LogP contribution in [0, 0.1) is 0 Å². The number of hydrogen-bond acceptors (Lipinski definition) is 3. The van der Waals surface area contributed by atoms with Crippen molar-refractivity contribution in [3.05, 3.63) is 36.5 Å². The Kier molecular flexibility index (Phi) is 12.4. The Labute approximate surface area is 157 Å². The predicted octanol–water partition coefficient (Wildman–Crippen LogP) is 3.46. The summed E-state index contributed by atoms with van der Waals surface area (Å²) in [6.07, 6.45) is 8.48. The van der Waals surface area contributed by atoms with Gasteiger partial charge in [-0.3, -0.25) is 4.99 Å². The highest BCUT2D eigenvalue weighted by Gasteiger charge is 2.05. The Hall–Kier alpha value is -1.31. The van der Waals surface area contributed by atoms with E-state index in [4.69, 9.17) is 4.74 Å². The van der Waals surface area contributed by atoms with E-state index in [1.165, 1.54) is 12.8 Å². The molecule has 130 valence electrons. The Morgan fingerprint density at radius 1 is 1.39 bits per heavy atom. The van der Waals surface area contributed by atoms with Gasteiger partial charge in [0.15, 0.2) is 5.96 Å². The first kappa shape index (κ1) is 21.7. The number of allylic oxidation sites excluding steroid dienone is 1. The SMILES string of the molecule is C=CCCCCCN(C)C(=NC)NCc1ccc(OC)nc1.I. The molecule has 0 atom stereocenters. The molecule has 1 rings (SSSR count). The number of pyridine rings is 1. The van der Waals surface area contributed by atoms with Crippen LogP contribution in [0.5, 0.6) is 5.88 Å². The number of hydrogen-bond donors (Lipinski definition) is 1. The first-order valence-electron chi connectivity index (χ1n) is 7.73. The summed E-state index contributed by atoms with van der Waals surface area (Å²) in [6.45, 7) is 5.44. The molecule has 0 saturated heterocycles. The third kappa shape index (κ3) is 8.78. The number of aromatic nitrogens is 1. The van der Waals surface area contributed by atoms with Gasteiger partial charge in [-0.2, -0.15) is 0 Å². The molecule has 0 amide bonds. The smallest absolute Gasteiger partial charge is 0.212 e. The van der Waals surface area contributed by atoms with E-state index >= 15 is 0 Å². The summed E-state index contributed by atoms with van der Waals surface area (Å²) in [6, 6.07) is 3.87. The van der Waals surface area contributed by atoms with Gasteiger partial charge in [0.1, 0.15) is 0 Å². The van der Waals surface area contributed by atoms with E-state index in [2.05, 4.69) is 33.8 Å².